The quantitative estimate of drug-likeness (QED) is 0.845. The Balaban J connectivity index is 1.51. The summed E-state index contributed by atoms with van der Waals surface area (Å²) in [6.45, 7) is 5.62. The van der Waals surface area contributed by atoms with E-state index in [0.717, 1.165) is 30.0 Å². The lowest BCUT2D eigenvalue weighted by Gasteiger charge is -2.23. The number of carbonyl (C=O) groups is 1. The molecule has 0 saturated carbocycles. The summed E-state index contributed by atoms with van der Waals surface area (Å²) in [5.41, 5.74) is 1.75. The standard InChI is InChI=1S/C18H24N4O3/c1-13-12-16(25-20-13)15-7-4-10-22(15)18(24)19-9-5-11-21-14(2)6-3-8-17(21)23/h3,6,8,12,15H,4-5,7,9-11H2,1-2H3,(H,19,24)/t15-/m0/s1. The van der Waals surface area contributed by atoms with Crippen molar-refractivity contribution in [2.75, 3.05) is 13.1 Å². The number of likely N-dealkylation sites (tertiary alicyclic amines) is 1. The van der Waals surface area contributed by atoms with Crippen LogP contribution in [0.2, 0.25) is 0 Å². The van der Waals surface area contributed by atoms with E-state index in [0.29, 0.717) is 26.1 Å². The lowest BCUT2D eigenvalue weighted by molar-refractivity contribution is 0.182. The predicted molar refractivity (Wildman–Crippen MR) is 93.4 cm³/mol. The molecule has 134 valence electrons. The van der Waals surface area contributed by atoms with Crippen LogP contribution in [0.1, 0.15) is 42.5 Å². The Kier molecular flexibility index (Phi) is 5.21. The van der Waals surface area contributed by atoms with Crippen molar-refractivity contribution >= 4 is 6.03 Å². The summed E-state index contributed by atoms with van der Waals surface area (Å²) >= 11 is 0. The van der Waals surface area contributed by atoms with Crippen LogP contribution in [0.3, 0.4) is 0 Å². The second-order valence-electron chi connectivity index (χ2n) is 6.46. The second-order valence-corrected chi connectivity index (χ2v) is 6.46. The molecule has 25 heavy (non-hydrogen) atoms. The molecule has 1 N–H and O–H groups in total. The first-order valence-corrected chi connectivity index (χ1v) is 8.70. The van der Waals surface area contributed by atoms with E-state index in [1.807, 2.05) is 26.0 Å². The highest BCUT2D eigenvalue weighted by molar-refractivity contribution is 5.75. The Hall–Kier alpha value is -2.57. The first-order chi connectivity index (χ1) is 12.1. The molecule has 3 rings (SSSR count). The zero-order valence-corrected chi connectivity index (χ0v) is 14.7. The van der Waals surface area contributed by atoms with Crippen LogP contribution in [-0.4, -0.2) is 33.7 Å². The van der Waals surface area contributed by atoms with Crippen LogP contribution < -0.4 is 10.9 Å². The van der Waals surface area contributed by atoms with Gasteiger partial charge in [0.2, 0.25) is 0 Å². The summed E-state index contributed by atoms with van der Waals surface area (Å²) < 4.78 is 7.05. The fraction of sp³-hybridized carbons (Fsp3) is 0.500. The molecule has 1 aliphatic heterocycles. The van der Waals surface area contributed by atoms with E-state index in [1.54, 1.807) is 21.6 Å². The summed E-state index contributed by atoms with van der Waals surface area (Å²) in [6, 6.07) is 6.98. The Bertz CT molecular complexity index is 796. The number of aromatic nitrogens is 2. The van der Waals surface area contributed by atoms with Gasteiger partial charge >= 0.3 is 6.03 Å². The molecule has 1 atom stereocenters. The van der Waals surface area contributed by atoms with Crippen molar-refractivity contribution in [2.24, 2.45) is 0 Å². The maximum atomic E-state index is 12.5. The SMILES string of the molecule is Cc1cc([C@@H]2CCCN2C(=O)NCCCn2c(C)cccc2=O)on1. The molecule has 1 aliphatic rings. The van der Waals surface area contributed by atoms with Crippen LogP contribution in [0.4, 0.5) is 4.79 Å². The highest BCUT2D eigenvalue weighted by Crippen LogP contribution is 2.32. The van der Waals surface area contributed by atoms with Crippen LogP contribution in [0.5, 0.6) is 0 Å². The van der Waals surface area contributed by atoms with Crippen molar-refractivity contribution in [1.82, 2.24) is 19.9 Å². The van der Waals surface area contributed by atoms with E-state index < -0.39 is 0 Å². The molecule has 0 radical (unpaired) electrons. The molecule has 3 heterocycles. The predicted octanol–water partition coefficient (Wildman–Crippen LogP) is 2.39. The number of aryl methyl sites for hydroxylation is 2. The van der Waals surface area contributed by atoms with E-state index in [1.165, 1.54) is 0 Å². The van der Waals surface area contributed by atoms with Gasteiger partial charge in [0.15, 0.2) is 5.76 Å². The van der Waals surface area contributed by atoms with Gasteiger partial charge in [0.05, 0.1) is 11.7 Å². The number of amides is 2. The average Bonchev–Trinajstić information content (AvgIpc) is 3.22. The molecule has 0 unspecified atom stereocenters. The van der Waals surface area contributed by atoms with Gasteiger partial charge in [-0.25, -0.2) is 4.79 Å². The van der Waals surface area contributed by atoms with E-state index in [4.69, 9.17) is 4.52 Å². The fourth-order valence-corrected chi connectivity index (χ4v) is 3.29. The summed E-state index contributed by atoms with van der Waals surface area (Å²) in [5, 5.41) is 6.86. The van der Waals surface area contributed by atoms with Gasteiger partial charge in [0, 0.05) is 37.5 Å². The minimum absolute atomic E-state index is 0.00776. The van der Waals surface area contributed by atoms with Crippen molar-refractivity contribution in [2.45, 2.75) is 45.7 Å². The van der Waals surface area contributed by atoms with Crippen LogP contribution in [0.25, 0.3) is 0 Å². The van der Waals surface area contributed by atoms with Gasteiger partial charge in [0.25, 0.3) is 5.56 Å². The second kappa shape index (κ2) is 7.55. The number of rotatable bonds is 5. The molecule has 7 heteroatoms. The van der Waals surface area contributed by atoms with Crippen molar-refractivity contribution in [3.05, 3.63) is 51.8 Å². The zero-order chi connectivity index (χ0) is 17.8. The van der Waals surface area contributed by atoms with Crippen LogP contribution in [0.15, 0.2) is 33.6 Å². The lowest BCUT2D eigenvalue weighted by atomic mass is 10.1. The van der Waals surface area contributed by atoms with Gasteiger partial charge in [-0.15, -0.1) is 0 Å². The van der Waals surface area contributed by atoms with Crippen molar-refractivity contribution in [1.29, 1.82) is 0 Å². The minimum Gasteiger partial charge on any atom is -0.359 e. The normalized spacial score (nSPS) is 17.0. The first kappa shape index (κ1) is 17.3. The van der Waals surface area contributed by atoms with E-state index >= 15 is 0 Å². The first-order valence-electron chi connectivity index (χ1n) is 8.70. The average molecular weight is 344 g/mol. The topological polar surface area (TPSA) is 80.4 Å². The van der Waals surface area contributed by atoms with Crippen LogP contribution in [0, 0.1) is 13.8 Å². The molecular weight excluding hydrogens is 320 g/mol. The van der Waals surface area contributed by atoms with Gasteiger partial charge in [-0.05, 0) is 39.2 Å². The Morgan fingerprint density at radius 3 is 2.96 bits per heavy atom. The highest BCUT2D eigenvalue weighted by atomic mass is 16.5. The number of pyridine rings is 1. The molecular formula is C18H24N4O3. The largest absolute Gasteiger partial charge is 0.359 e. The van der Waals surface area contributed by atoms with Crippen LogP contribution >= 0.6 is 0 Å². The molecule has 0 bridgehead atoms. The maximum absolute atomic E-state index is 12.5. The third kappa shape index (κ3) is 3.92. The molecule has 2 aromatic heterocycles. The fourth-order valence-electron chi connectivity index (χ4n) is 3.29. The molecule has 0 spiro atoms. The number of nitrogens with one attached hydrogen (secondary N) is 1. The number of hydrogen-bond donors (Lipinski definition) is 1. The third-order valence-corrected chi connectivity index (χ3v) is 4.59. The monoisotopic (exact) mass is 344 g/mol. The molecule has 0 aliphatic carbocycles. The summed E-state index contributed by atoms with van der Waals surface area (Å²) in [4.78, 5) is 26.1. The van der Waals surface area contributed by atoms with E-state index in [9.17, 15) is 9.59 Å². The lowest BCUT2D eigenvalue weighted by Crippen LogP contribution is -2.40. The third-order valence-electron chi connectivity index (χ3n) is 4.59. The maximum Gasteiger partial charge on any atom is 0.318 e. The zero-order valence-electron chi connectivity index (χ0n) is 14.7. The van der Waals surface area contributed by atoms with Gasteiger partial charge in [0.1, 0.15) is 0 Å². The Labute approximate surface area is 146 Å². The van der Waals surface area contributed by atoms with Gasteiger partial charge in [-0.1, -0.05) is 11.2 Å². The van der Waals surface area contributed by atoms with Crippen molar-refractivity contribution in [3.8, 4) is 0 Å². The summed E-state index contributed by atoms with van der Waals surface area (Å²) in [6.07, 6.45) is 2.55. The molecule has 1 fully saturated rings. The Morgan fingerprint density at radius 1 is 1.40 bits per heavy atom. The van der Waals surface area contributed by atoms with Gasteiger partial charge in [-0.3, -0.25) is 4.79 Å². The number of carbonyl (C=O) groups excluding carboxylic acids is 1. The molecule has 2 aromatic rings. The highest BCUT2D eigenvalue weighted by Gasteiger charge is 2.32. The number of nitrogens with zero attached hydrogens (tertiary/aromatic N) is 3. The van der Waals surface area contributed by atoms with Gasteiger partial charge < -0.3 is 19.3 Å². The van der Waals surface area contributed by atoms with E-state index in [2.05, 4.69) is 10.5 Å². The summed E-state index contributed by atoms with van der Waals surface area (Å²) in [5.74, 6) is 0.747. The minimum atomic E-state index is -0.0892. The Morgan fingerprint density at radius 2 is 2.24 bits per heavy atom. The van der Waals surface area contributed by atoms with Crippen molar-refractivity contribution < 1.29 is 9.32 Å². The molecule has 2 amide bonds. The van der Waals surface area contributed by atoms with Crippen molar-refractivity contribution in [3.63, 3.8) is 0 Å². The van der Waals surface area contributed by atoms with Gasteiger partial charge in [-0.2, -0.15) is 0 Å². The molecule has 1 saturated heterocycles. The molecule has 7 nitrogen and oxygen atoms in total. The number of hydrogen-bond acceptors (Lipinski definition) is 4. The smallest absolute Gasteiger partial charge is 0.318 e. The molecule has 0 aromatic carbocycles. The number of urea groups is 1. The van der Waals surface area contributed by atoms with E-state index in [-0.39, 0.29) is 17.6 Å². The van der Waals surface area contributed by atoms with Crippen LogP contribution in [-0.2, 0) is 6.54 Å². The summed E-state index contributed by atoms with van der Waals surface area (Å²) in [7, 11) is 0.